The normalized spacial score (nSPS) is 15.2. The van der Waals surface area contributed by atoms with Gasteiger partial charge >= 0.3 is 0 Å². The molecule has 0 unspecified atom stereocenters. The summed E-state index contributed by atoms with van der Waals surface area (Å²) in [5, 5.41) is 11.9. The third-order valence-electron chi connectivity index (χ3n) is 2.93. The van der Waals surface area contributed by atoms with Crippen LogP contribution in [0.3, 0.4) is 0 Å². The summed E-state index contributed by atoms with van der Waals surface area (Å²) in [6.07, 6.45) is 3.98. The third kappa shape index (κ3) is 2.98. The van der Waals surface area contributed by atoms with E-state index >= 15 is 0 Å². The van der Waals surface area contributed by atoms with Gasteiger partial charge in [-0.25, -0.2) is 0 Å². The second-order valence-corrected chi connectivity index (χ2v) is 4.10. The van der Waals surface area contributed by atoms with Crippen molar-refractivity contribution in [3.05, 3.63) is 29.8 Å². The van der Waals surface area contributed by atoms with Crippen LogP contribution in [0.5, 0.6) is 5.75 Å². The van der Waals surface area contributed by atoms with Gasteiger partial charge in [-0.15, -0.1) is 0 Å². The molecule has 1 N–H and O–H groups in total. The highest BCUT2D eigenvalue weighted by atomic mass is 16.5. The predicted molar refractivity (Wildman–Crippen MR) is 62.0 cm³/mol. The van der Waals surface area contributed by atoms with Gasteiger partial charge in [0.05, 0.1) is 0 Å². The smallest absolute Gasteiger partial charge is 0.174 e. The van der Waals surface area contributed by atoms with Crippen molar-refractivity contribution < 1.29 is 4.74 Å². The number of benzene rings is 1. The fourth-order valence-corrected chi connectivity index (χ4v) is 1.69. The van der Waals surface area contributed by atoms with Gasteiger partial charge in [-0.3, -0.25) is 0 Å². The fourth-order valence-electron chi connectivity index (χ4n) is 1.69. The first-order valence-electron chi connectivity index (χ1n) is 5.70. The van der Waals surface area contributed by atoms with Gasteiger partial charge in [-0.1, -0.05) is 18.6 Å². The average molecular weight is 216 g/mol. The summed E-state index contributed by atoms with van der Waals surface area (Å²) < 4.78 is 5.19. The SMILES string of the molecule is N#CCOc1ccc(CNC2CCC2)cc1. The van der Waals surface area contributed by atoms with Crippen molar-refractivity contribution in [3.63, 3.8) is 0 Å². The lowest BCUT2D eigenvalue weighted by Crippen LogP contribution is -2.34. The summed E-state index contributed by atoms with van der Waals surface area (Å²) in [4.78, 5) is 0. The van der Waals surface area contributed by atoms with Crippen molar-refractivity contribution in [2.75, 3.05) is 6.61 Å². The van der Waals surface area contributed by atoms with Crippen molar-refractivity contribution in [3.8, 4) is 11.8 Å². The Morgan fingerprint density at radius 1 is 1.31 bits per heavy atom. The van der Waals surface area contributed by atoms with Gasteiger partial charge in [0, 0.05) is 12.6 Å². The molecule has 0 radical (unpaired) electrons. The molecule has 0 aliphatic heterocycles. The predicted octanol–water partition coefficient (Wildman–Crippen LogP) is 2.23. The Kier molecular flexibility index (Phi) is 3.79. The van der Waals surface area contributed by atoms with Gasteiger partial charge in [0.15, 0.2) is 6.61 Å². The Balaban J connectivity index is 1.79. The molecule has 0 amide bonds. The number of hydrogen-bond acceptors (Lipinski definition) is 3. The van der Waals surface area contributed by atoms with Gasteiger partial charge in [-0.05, 0) is 30.5 Å². The van der Waals surface area contributed by atoms with E-state index < -0.39 is 0 Å². The molecule has 1 aromatic carbocycles. The van der Waals surface area contributed by atoms with E-state index in [9.17, 15) is 0 Å². The van der Waals surface area contributed by atoms with Crippen molar-refractivity contribution in [1.29, 1.82) is 5.26 Å². The molecule has 3 heteroatoms. The topological polar surface area (TPSA) is 45.0 Å². The maximum atomic E-state index is 8.38. The van der Waals surface area contributed by atoms with Gasteiger partial charge in [0.2, 0.25) is 0 Å². The van der Waals surface area contributed by atoms with Gasteiger partial charge in [0.1, 0.15) is 11.8 Å². The van der Waals surface area contributed by atoms with Gasteiger partial charge in [0.25, 0.3) is 0 Å². The molecule has 1 aliphatic carbocycles. The Morgan fingerprint density at radius 2 is 2.06 bits per heavy atom. The first-order chi connectivity index (χ1) is 7.88. The lowest BCUT2D eigenvalue weighted by atomic mass is 9.93. The largest absolute Gasteiger partial charge is 0.479 e. The molecule has 2 rings (SSSR count). The first kappa shape index (κ1) is 11.0. The number of rotatable bonds is 5. The third-order valence-corrected chi connectivity index (χ3v) is 2.93. The van der Waals surface area contributed by atoms with E-state index in [4.69, 9.17) is 10.00 Å². The highest BCUT2D eigenvalue weighted by Crippen LogP contribution is 2.19. The Labute approximate surface area is 96.0 Å². The van der Waals surface area contributed by atoms with Crippen LogP contribution in [0.4, 0.5) is 0 Å². The van der Waals surface area contributed by atoms with Crippen molar-refractivity contribution in [2.45, 2.75) is 31.8 Å². The fraction of sp³-hybridized carbons (Fsp3) is 0.462. The van der Waals surface area contributed by atoms with Crippen molar-refractivity contribution in [2.24, 2.45) is 0 Å². The zero-order valence-corrected chi connectivity index (χ0v) is 9.28. The molecule has 0 heterocycles. The minimum absolute atomic E-state index is 0.111. The minimum atomic E-state index is 0.111. The molecule has 0 aromatic heterocycles. The maximum Gasteiger partial charge on any atom is 0.174 e. The molecule has 1 aromatic rings. The van der Waals surface area contributed by atoms with E-state index in [0.29, 0.717) is 0 Å². The number of nitriles is 1. The molecule has 0 saturated heterocycles. The summed E-state index contributed by atoms with van der Waals surface area (Å²) in [7, 11) is 0. The molecule has 1 aliphatic rings. The molecule has 0 spiro atoms. The van der Waals surface area contributed by atoms with Crippen LogP contribution in [0, 0.1) is 11.3 Å². The second kappa shape index (κ2) is 5.53. The molecule has 3 nitrogen and oxygen atoms in total. The zero-order valence-electron chi connectivity index (χ0n) is 9.28. The summed E-state index contributed by atoms with van der Waals surface area (Å²) in [6, 6.07) is 10.6. The molecular formula is C13H16N2O. The summed E-state index contributed by atoms with van der Waals surface area (Å²) in [5.74, 6) is 0.758. The molecule has 0 bridgehead atoms. The standard InChI is InChI=1S/C13H16N2O/c14-8-9-16-13-6-4-11(5-7-13)10-15-12-2-1-3-12/h4-7,12,15H,1-3,9-10H2. The molecule has 1 saturated carbocycles. The summed E-state index contributed by atoms with van der Waals surface area (Å²) in [6.45, 7) is 1.03. The number of hydrogen-bond donors (Lipinski definition) is 1. The van der Waals surface area contributed by atoms with E-state index in [1.807, 2.05) is 30.3 Å². The van der Waals surface area contributed by atoms with E-state index in [0.717, 1.165) is 18.3 Å². The maximum absolute atomic E-state index is 8.38. The van der Waals surface area contributed by atoms with Crippen LogP contribution in [-0.4, -0.2) is 12.6 Å². The first-order valence-corrected chi connectivity index (χ1v) is 5.70. The van der Waals surface area contributed by atoms with E-state index in [1.54, 1.807) is 0 Å². The Morgan fingerprint density at radius 3 is 2.62 bits per heavy atom. The van der Waals surface area contributed by atoms with E-state index in [-0.39, 0.29) is 6.61 Å². The Bertz CT molecular complexity index is 363. The molecule has 16 heavy (non-hydrogen) atoms. The molecule has 0 atom stereocenters. The van der Waals surface area contributed by atoms with Crippen LogP contribution in [0.15, 0.2) is 24.3 Å². The number of nitrogens with zero attached hydrogens (tertiary/aromatic N) is 1. The lowest BCUT2D eigenvalue weighted by Gasteiger charge is -2.26. The van der Waals surface area contributed by atoms with E-state index in [1.165, 1.54) is 24.8 Å². The van der Waals surface area contributed by atoms with Crippen LogP contribution in [0.2, 0.25) is 0 Å². The Hall–Kier alpha value is -1.53. The van der Waals surface area contributed by atoms with Crippen LogP contribution in [0.25, 0.3) is 0 Å². The summed E-state index contributed by atoms with van der Waals surface area (Å²) in [5.41, 5.74) is 1.26. The number of nitrogens with one attached hydrogen (secondary N) is 1. The number of ether oxygens (including phenoxy) is 1. The van der Waals surface area contributed by atoms with Crippen LogP contribution < -0.4 is 10.1 Å². The minimum Gasteiger partial charge on any atom is -0.479 e. The van der Waals surface area contributed by atoms with E-state index in [2.05, 4.69) is 5.32 Å². The lowest BCUT2D eigenvalue weighted by molar-refractivity contribution is 0.338. The van der Waals surface area contributed by atoms with Crippen LogP contribution >= 0.6 is 0 Å². The van der Waals surface area contributed by atoms with Gasteiger partial charge < -0.3 is 10.1 Å². The quantitative estimate of drug-likeness (QED) is 0.821. The molecule has 84 valence electrons. The average Bonchev–Trinajstić information content (AvgIpc) is 2.26. The van der Waals surface area contributed by atoms with Gasteiger partial charge in [-0.2, -0.15) is 5.26 Å². The summed E-state index contributed by atoms with van der Waals surface area (Å²) >= 11 is 0. The monoisotopic (exact) mass is 216 g/mol. The highest BCUT2D eigenvalue weighted by molar-refractivity contribution is 5.27. The van der Waals surface area contributed by atoms with Crippen molar-refractivity contribution in [1.82, 2.24) is 5.32 Å². The van der Waals surface area contributed by atoms with Crippen molar-refractivity contribution >= 4 is 0 Å². The van der Waals surface area contributed by atoms with Crippen LogP contribution in [-0.2, 0) is 6.54 Å². The zero-order chi connectivity index (χ0) is 11.2. The van der Waals surface area contributed by atoms with Crippen LogP contribution in [0.1, 0.15) is 24.8 Å². The second-order valence-electron chi connectivity index (χ2n) is 4.10. The molecule has 1 fully saturated rings. The molecular weight excluding hydrogens is 200 g/mol. The highest BCUT2D eigenvalue weighted by Gasteiger charge is 2.15.